The molecule has 3 nitrogen and oxygen atoms in total. The molecule has 0 spiro atoms. The summed E-state index contributed by atoms with van der Waals surface area (Å²) in [6.07, 6.45) is 3.15. The summed E-state index contributed by atoms with van der Waals surface area (Å²) in [6, 6.07) is 9.78. The number of hydrogen-bond donors (Lipinski definition) is 0. The molecule has 2 aromatic rings. The highest BCUT2D eigenvalue weighted by Crippen LogP contribution is 2.23. The van der Waals surface area contributed by atoms with Gasteiger partial charge < -0.3 is 4.74 Å². The van der Waals surface area contributed by atoms with Crippen LogP contribution in [-0.2, 0) is 6.42 Å². The molecule has 0 atom stereocenters. The van der Waals surface area contributed by atoms with E-state index < -0.39 is 0 Å². The molecule has 0 saturated heterocycles. The average molecular weight is 240 g/mol. The first-order valence-electron chi connectivity index (χ1n) is 6.16. The molecular formula is C15H16N2O. The van der Waals surface area contributed by atoms with Gasteiger partial charge in [-0.1, -0.05) is 13.3 Å². The number of methoxy groups -OCH3 is 1. The predicted molar refractivity (Wildman–Crippen MR) is 71.6 cm³/mol. The summed E-state index contributed by atoms with van der Waals surface area (Å²) in [5.74, 6) is 0.752. The van der Waals surface area contributed by atoms with Crippen molar-refractivity contribution >= 4 is 10.9 Å². The van der Waals surface area contributed by atoms with E-state index in [4.69, 9.17) is 4.74 Å². The smallest absolute Gasteiger partial charge is 0.119 e. The van der Waals surface area contributed by atoms with Gasteiger partial charge in [-0.15, -0.1) is 0 Å². The standard InChI is InChI=1S/C15H16N2O/c1-3-4-5-12-8-11(10-16)14-9-13(18-2)6-7-15(14)17-12/h6-9H,3-5H2,1-2H3. The zero-order valence-electron chi connectivity index (χ0n) is 10.7. The van der Waals surface area contributed by atoms with Gasteiger partial charge in [0, 0.05) is 11.1 Å². The third-order valence-electron chi connectivity index (χ3n) is 2.98. The minimum atomic E-state index is 0.671. The summed E-state index contributed by atoms with van der Waals surface area (Å²) in [7, 11) is 1.62. The Balaban J connectivity index is 2.53. The minimum absolute atomic E-state index is 0.671. The molecule has 1 aromatic carbocycles. The number of aromatic nitrogens is 1. The first-order valence-corrected chi connectivity index (χ1v) is 6.16. The molecule has 2 rings (SSSR count). The highest BCUT2D eigenvalue weighted by molar-refractivity contribution is 5.86. The third kappa shape index (κ3) is 2.43. The summed E-state index contributed by atoms with van der Waals surface area (Å²) in [6.45, 7) is 2.15. The van der Waals surface area contributed by atoms with Crippen LogP contribution in [0, 0.1) is 11.3 Å². The fourth-order valence-corrected chi connectivity index (χ4v) is 1.97. The Morgan fingerprint density at radius 2 is 2.17 bits per heavy atom. The number of hydrogen-bond acceptors (Lipinski definition) is 3. The van der Waals surface area contributed by atoms with Gasteiger partial charge in [0.15, 0.2) is 0 Å². The van der Waals surface area contributed by atoms with Gasteiger partial charge in [-0.25, -0.2) is 0 Å². The van der Waals surface area contributed by atoms with Crippen molar-refractivity contribution in [2.75, 3.05) is 7.11 Å². The first-order chi connectivity index (χ1) is 8.78. The molecule has 0 amide bonds. The first kappa shape index (κ1) is 12.4. The quantitative estimate of drug-likeness (QED) is 0.822. The lowest BCUT2D eigenvalue weighted by Gasteiger charge is -2.06. The van der Waals surface area contributed by atoms with Gasteiger partial charge in [0.2, 0.25) is 0 Å². The van der Waals surface area contributed by atoms with Crippen molar-refractivity contribution < 1.29 is 4.74 Å². The average Bonchev–Trinajstić information content (AvgIpc) is 2.43. The number of nitriles is 1. The van der Waals surface area contributed by atoms with Gasteiger partial charge in [0.25, 0.3) is 0 Å². The number of nitrogens with zero attached hydrogens (tertiary/aromatic N) is 2. The molecule has 3 heteroatoms. The zero-order chi connectivity index (χ0) is 13.0. The van der Waals surface area contributed by atoms with Crippen LogP contribution in [0.4, 0.5) is 0 Å². The molecule has 0 aliphatic carbocycles. The van der Waals surface area contributed by atoms with Gasteiger partial charge >= 0.3 is 0 Å². The number of fused-ring (bicyclic) bond motifs is 1. The third-order valence-corrected chi connectivity index (χ3v) is 2.98. The summed E-state index contributed by atoms with van der Waals surface area (Å²) in [4.78, 5) is 4.59. The fourth-order valence-electron chi connectivity index (χ4n) is 1.97. The second-order valence-electron chi connectivity index (χ2n) is 4.26. The van der Waals surface area contributed by atoms with Crippen LogP contribution in [0.5, 0.6) is 5.75 Å². The number of aryl methyl sites for hydroxylation is 1. The van der Waals surface area contributed by atoms with Gasteiger partial charge in [-0.05, 0) is 37.1 Å². The Kier molecular flexibility index (Phi) is 3.78. The molecule has 0 saturated carbocycles. The van der Waals surface area contributed by atoms with E-state index in [0.717, 1.165) is 41.6 Å². The Labute approximate surface area is 107 Å². The molecule has 0 N–H and O–H groups in total. The fraction of sp³-hybridized carbons (Fsp3) is 0.333. The van der Waals surface area contributed by atoms with Crippen LogP contribution in [0.1, 0.15) is 31.0 Å². The lowest BCUT2D eigenvalue weighted by Crippen LogP contribution is -1.94. The van der Waals surface area contributed by atoms with E-state index in [1.165, 1.54) is 0 Å². The van der Waals surface area contributed by atoms with Crippen molar-refractivity contribution in [1.82, 2.24) is 4.98 Å². The van der Waals surface area contributed by atoms with Crippen LogP contribution in [0.15, 0.2) is 24.3 Å². The van der Waals surface area contributed by atoms with Gasteiger partial charge in [-0.2, -0.15) is 5.26 Å². The summed E-state index contributed by atoms with van der Waals surface area (Å²) in [5.41, 5.74) is 2.53. The van der Waals surface area contributed by atoms with E-state index in [-0.39, 0.29) is 0 Å². The summed E-state index contributed by atoms with van der Waals surface area (Å²) in [5, 5.41) is 10.1. The van der Waals surface area contributed by atoms with Crippen LogP contribution in [0.2, 0.25) is 0 Å². The Hall–Kier alpha value is -2.08. The Morgan fingerprint density at radius 1 is 1.33 bits per heavy atom. The monoisotopic (exact) mass is 240 g/mol. The number of rotatable bonds is 4. The van der Waals surface area contributed by atoms with Crippen LogP contribution in [0.3, 0.4) is 0 Å². The molecule has 0 radical (unpaired) electrons. The Bertz CT molecular complexity index is 599. The zero-order valence-corrected chi connectivity index (χ0v) is 10.7. The largest absolute Gasteiger partial charge is 0.497 e. The van der Waals surface area contributed by atoms with Crippen molar-refractivity contribution in [2.45, 2.75) is 26.2 Å². The van der Waals surface area contributed by atoms with E-state index in [1.54, 1.807) is 7.11 Å². The van der Waals surface area contributed by atoms with Crippen molar-refractivity contribution in [1.29, 1.82) is 5.26 Å². The molecule has 0 unspecified atom stereocenters. The van der Waals surface area contributed by atoms with Crippen molar-refractivity contribution in [2.24, 2.45) is 0 Å². The maximum absolute atomic E-state index is 9.23. The highest BCUT2D eigenvalue weighted by Gasteiger charge is 2.06. The van der Waals surface area contributed by atoms with Gasteiger partial charge in [-0.3, -0.25) is 4.98 Å². The molecule has 0 aliphatic rings. The highest BCUT2D eigenvalue weighted by atomic mass is 16.5. The molecule has 18 heavy (non-hydrogen) atoms. The summed E-state index contributed by atoms with van der Waals surface area (Å²) >= 11 is 0. The van der Waals surface area contributed by atoms with Gasteiger partial charge in [0.05, 0.1) is 24.3 Å². The maximum atomic E-state index is 9.23. The van der Waals surface area contributed by atoms with E-state index in [2.05, 4.69) is 18.0 Å². The maximum Gasteiger partial charge on any atom is 0.119 e. The van der Waals surface area contributed by atoms with Crippen LogP contribution in [0.25, 0.3) is 10.9 Å². The molecule has 0 aliphatic heterocycles. The minimum Gasteiger partial charge on any atom is -0.497 e. The molecule has 0 bridgehead atoms. The van der Waals surface area contributed by atoms with E-state index >= 15 is 0 Å². The molecular weight excluding hydrogens is 224 g/mol. The molecule has 92 valence electrons. The van der Waals surface area contributed by atoms with Crippen LogP contribution in [-0.4, -0.2) is 12.1 Å². The number of ether oxygens (including phenoxy) is 1. The van der Waals surface area contributed by atoms with Gasteiger partial charge in [0.1, 0.15) is 5.75 Å². The second-order valence-corrected chi connectivity index (χ2v) is 4.26. The lowest BCUT2D eigenvalue weighted by molar-refractivity contribution is 0.415. The van der Waals surface area contributed by atoms with Crippen molar-refractivity contribution in [3.8, 4) is 11.8 Å². The Morgan fingerprint density at radius 3 is 2.83 bits per heavy atom. The van der Waals surface area contributed by atoms with Crippen molar-refractivity contribution in [3.63, 3.8) is 0 Å². The second kappa shape index (κ2) is 5.50. The number of unbranched alkanes of at least 4 members (excludes halogenated alkanes) is 1. The number of benzene rings is 1. The van der Waals surface area contributed by atoms with Crippen LogP contribution < -0.4 is 4.74 Å². The predicted octanol–water partition coefficient (Wildman–Crippen LogP) is 3.46. The SMILES string of the molecule is CCCCc1cc(C#N)c2cc(OC)ccc2n1. The van der Waals surface area contributed by atoms with E-state index in [1.807, 2.05) is 24.3 Å². The van der Waals surface area contributed by atoms with E-state index in [0.29, 0.717) is 5.56 Å². The van der Waals surface area contributed by atoms with Crippen molar-refractivity contribution in [3.05, 3.63) is 35.5 Å². The van der Waals surface area contributed by atoms with E-state index in [9.17, 15) is 5.26 Å². The molecule has 1 aromatic heterocycles. The number of pyridine rings is 1. The topological polar surface area (TPSA) is 45.9 Å². The molecule has 1 heterocycles. The normalized spacial score (nSPS) is 10.3. The molecule has 0 fully saturated rings. The summed E-state index contributed by atoms with van der Waals surface area (Å²) < 4.78 is 5.18. The van der Waals surface area contributed by atoms with Crippen LogP contribution >= 0.6 is 0 Å². The lowest BCUT2D eigenvalue weighted by atomic mass is 10.1.